The second-order valence-corrected chi connectivity index (χ2v) is 7.31. The van der Waals surface area contributed by atoms with Crippen LogP contribution in [0.3, 0.4) is 0 Å². The Bertz CT molecular complexity index is 539. The Balaban J connectivity index is 1.49. The summed E-state index contributed by atoms with van der Waals surface area (Å²) in [6, 6.07) is 7.53. The van der Waals surface area contributed by atoms with E-state index in [1.165, 1.54) is 32.1 Å². The van der Waals surface area contributed by atoms with E-state index in [9.17, 15) is 9.59 Å². The van der Waals surface area contributed by atoms with Crippen molar-refractivity contribution in [2.75, 3.05) is 13.1 Å². The van der Waals surface area contributed by atoms with Crippen LogP contribution in [-0.4, -0.2) is 24.9 Å². The Kier molecular flexibility index (Phi) is 8.81. The zero-order chi connectivity index (χ0) is 17.9. The Hall–Kier alpha value is -1.55. The second kappa shape index (κ2) is 11.1. The lowest BCUT2D eigenvalue weighted by Crippen LogP contribution is -2.34. The highest BCUT2D eigenvalue weighted by Gasteiger charge is 2.14. The molecule has 138 valence electrons. The fourth-order valence-corrected chi connectivity index (χ4v) is 3.43. The van der Waals surface area contributed by atoms with Gasteiger partial charge in [0, 0.05) is 31.0 Å². The quantitative estimate of drug-likeness (QED) is 0.653. The molecule has 0 bridgehead atoms. The van der Waals surface area contributed by atoms with E-state index in [0.29, 0.717) is 37.4 Å². The number of hydrogen-bond acceptors (Lipinski definition) is 2. The smallest absolute Gasteiger partial charge is 0.220 e. The van der Waals surface area contributed by atoms with Crippen LogP contribution in [0, 0.1) is 5.92 Å². The van der Waals surface area contributed by atoms with E-state index in [0.717, 1.165) is 17.9 Å². The normalized spacial score (nSPS) is 14.9. The van der Waals surface area contributed by atoms with E-state index < -0.39 is 0 Å². The lowest BCUT2D eigenvalue weighted by molar-refractivity contribution is -0.123. The Labute approximate surface area is 155 Å². The molecule has 0 saturated heterocycles. The monoisotopic (exact) mass is 364 g/mol. The fourth-order valence-electron chi connectivity index (χ4n) is 3.30. The van der Waals surface area contributed by atoms with Crippen molar-refractivity contribution in [1.82, 2.24) is 10.6 Å². The van der Waals surface area contributed by atoms with Crippen LogP contribution in [0.4, 0.5) is 0 Å². The zero-order valence-electron chi connectivity index (χ0n) is 14.9. The SMILES string of the molecule is O=C(CCc1ccc(Cl)cc1)NCCNC(=O)CCC1CCCCC1. The molecule has 2 rings (SSSR count). The molecule has 0 aliphatic heterocycles. The van der Waals surface area contributed by atoms with Crippen LogP contribution in [0.5, 0.6) is 0 Å². The number of carbonyl (C=O) groups excluding carboxylic acids is 2. The van der Waals surface area contributed by atoms with Crippen LogP contribution in [-0.2, 0) is 16.0 Å². The molecule has 0 atom stereocenters. The van der Waals surface area contributed by atoms with Gasteiger partial charge in [-0.25, -0.2) is 0 Å². The van der Waals surface area contributed by atoms with Gasteiger partial charge in [0.15, 0.2) is 0 Å². The summed E-state index contributed by atoms with van der Waals surface area (Å²) in [5, 5.41) is 6.44. The number of aryl methyl sites for hydroxylation is 1. The standard InChI is InChI=1S/C20H29ClN2O2/c21-18-10-6-17(7-11-18)9-13-20(25)23-15-14-22-19(24)12-8-16-4-2-1-3-5-16/h6-7,10-11,16H,1-5,8-9,12-15H2,(H,22,24)(H,23,25). The summed E-state index contributed by atoms with van der Waals surface area (Å²) < 4.78 is 0. The molecule has 0 aromatic heterocycles. The first kappa shape index (κ1) is 19.8. The Morgan fingerprint density at radius 2 is 1.52 bits per heavy atom. The molecular formula is C20H29ClN2O2. The van der Waals surface area contributed by atoms with Gasteiger partial charge in [-0.3, -0.25) is 9.59 Å². The van der Waals surface area contributed by atoms with Crippen molar-refractivity contribution in [3.8, 4) is 0 Å². The van der Waals surface area contributed by atoms with Crippen molar-refractivity contribution in [2.45, 2.75) is 57.8 Å². The number of hydrogen-bond donors (Lipinski definition) is 2. The number of nitrogens with one attached hydrogen (secondary N) is 2. The summed E-state index contributed by atoms with van der Waals surface area (Å²) in [7, 11) is 0. The molecule has 0 heterocycles. The van der Waals surface area contributed by atoms with Gasteiger partial charge in [0.2, 0.25) is 11.8 Å². The van der Waals surface area contributed by atoms with E-state index in [2.05, 4.69) is 10.6 Å². The molecule has 1 aliphatic rings. The van der Waals surface area contributed by atoms with Gasteiger partial charge in [-0.05, 0) is 36.5 Å². The topological polar surface area (TPSA) is 58.2 Å². The number of amides is 2. The first-order valence-corrected chi connectivity index (χ1v) is 9.79. The molecule has 1 aromatic carbocycles. The Morgan fingerprint density at radius 1 is 0.920 bits per heavy atom. The summed E-state index contributed by atoms with van der Waals surface area (Å²) in [5.74, 6) is 0.833. The van der Waals surface area contributed by atoms with Crippen molar-refractivity contribution >= 4 is 23.4 Å². The van der Waals surface area contributed by atoms with Crippen LogP contribution >= 0.6 is 11.6 Å². The fraction of sp³-hybridized carbons (Fsp3) is 0.600. The van der Waals surface area contributed by atoms with Crippen LogP contribution in [0.25, 0.3) is 0 Å². The summed E-state index contributed by atoms with van der Waals surface area (Å²) in [4.78, 5) is 23.6. The molecule has 0 radical (unpaired) electrons. The highest BCUT2D eigenvalue weighted by atomic mass is 35.5. The largest absolute Gasteiger partial charge is 0.354 e. The second-order valence-electron chi connectivity index (χ2n) is 6.87. The average Bonchev–Trinajstić information content (AvgIpc) is 2.64. The number of rotatable bonds is 9. The molecule has 2 amide bonds. The third kappa shape index (κ3) is 8.39. The van der Waals surface area contributed by atoms with E-state index in [4.69, 9.17) is 11.6 Å². The van der Waals surface area contributed by atoms with Crippen molar-refractivity contribution in [3.63, 3.8) is 0 Å². The van der Waals surface area contributed by atoms with Gasteiger partial charge in [-0.2, -0.15) is 0 Å². The molecule has 1 aliphatic carbocycles. The van der Waals surface area contributed by atoms with Crippen LogP contribution in [0.1, 0.15) is 56.9 Å². The van der Waals surface area contributed by atoms with Crippen molar-refractivity contribution < 1.29 is 9.59 Å². The molecule has 25 heavy (non-hydrogen) atoms. The minimum absolute atomic E-state index is 0.00593. The van der Waals surface area contributed by atoms with E-state index in [1.807, 2.05) is 24.3 Å². The predicted molar refractivity (Wildman–Crippen MR) is 102 cm³/mol. The third-order valence-electron chi connectivity index (χ3n) is 4.83. The lowest BCUT2D eigenvalue weighted by Gasteiger charge is -2.20. The van der Waals surface area contributed by atoms with Gasteiger partial charge in [0.05, 0.1) is 0 Å². The van der Waals surface area contributed by atoms with Gasteiger partial charge < -0.3 is 10.6 Å². The van der Waals surface area contributed by atoms with E-state index >= 15 is 0 Å². The first-order valence-electron chi connectivity index (χ1n) is 9.41. The van der Waals surface area contributed by atoms with Crippen LogP contribution < -0.4 is 10.6 Å². The van der Waals surface area contributed by atoms with Gasteiger partial charge in [-0.1, -0.05) is 55.8 Å². The van der Waals surface area contributed by atoms with Crippen LogP contribution in [0.15, 0.2) is 24.3 Å². The highest BCUT2D eigenvalue weighted by molar-refractivity contribution is 6.30. The minimum atomic E-state index is 0.00593. The molecule has 5 heteroatoms. The maximum atomic E-state index is 11.8. The molecule has 4 nitrogen and oxygen atoms in total. The van der Waals surface area contributed by atoms with Crippen molar-refractivity contribution in [1.29, 1.82) is 0 Å². The number of benzene rings is 1. The van der Waals surface area contributed by atoms with E-state index in [-0.39, 0.29) is 11.8 Å². The maximum Gasteiger partial charge on any atom is 0.220 e. The molecule has 0 spiro atoms. The third-order valence-corrected chi connectivity index (χ3v) is 5.08. The maximum absolute atomic E-state index is 11.8. The van der Waals surface area contributed by atoms with Gasteiger partial charge >= 0.3 is 0 Å². The molecule has 2 N–H and O–H groups in total. The first-order chi connectivity index (χ1) is 12.1. The predicted octanol–water partition coefficient (Wildman–Crippen LogP) is 3.87. The molecular weight excluding hydrogens is 336 g/mol. The minimum Gasteiger partial charge on any atom is -0.354 e. The number of carbonyl (C=O) groups is 2. The Morgan fingerprint density at radius 3 is 2.16 bits per heavy atom. The van der Waals surface area contributed by atoms with Gasteiger partial charge in [0.25, 0.3) is 0 Å². The molecule has 0 unspecified atom stereocenters. The summed E-state index contributed by atoms with van der Waals surface area (Å²) in [6.07, 6.45) is 9.26. The average molecular weight is 365 g/mol. The summed E-state index contributed by atoms with van der Waals surface area (Å²) >= 11 is 5.84. The lowest BCUT2D eigenvalue weighted by atomic mass is 9.86. The summed E-state index contributed by atoms with van der Waals surface area (Å²) in [5.41, 5.74) is 1.09. The van der Waals surface area contributed by atoms with Gasteiger partial charge in [0.1, 0.15) is 0 Å². The zero-order valence-corrected chi connectivity index (χ0v) is 15.6. The highest BCUT2D eigenvalue weighted by Crippen LogP contribution is 2.27. The van der Waals surface area contributed by atoms with Gasteiger partial charge in [-0.15, -0.1) is 0 Å². The van der Waals surface area contributed by atoms with E-state index in [1.54, 1.807) is 0 Å². The number of halogens is 1. The van der Waals surface area contributed by atoms with Crippen LogP contribution in [0.2, 0.25) is 5.02 Å². The molecule has 1 aromatic rings. The molecule has 1 fully saturated rings. The summed E-state index contributed by atoms with van der Waals surface area (Å²) in [6.45, 7) is 0.977. The van der Waals surface area contributed by atoms with Crippen molar-refractivity contribution in [2.24, 2.45) is 5.92 Å². The van der Waals surface area contributed by atoms with Crippen molar-refractivity contribution in [3.05, 3.63) is 34.9 Å². The molecule has 1 saturated carbocycles.